The largest absolute Gasteiger partial charge is 0.350 e. The van der Waals surface area contributed by atoms with Crippen LogP contribution in [0.3, 0.4) is 0 Å². The fourth-order valence-electron chi connectivity index (χ4n) is 2.67. The van der Waals surface area contributed by atoms with Gasteiger partial charge in [-0.05, 0) is 53.4 Å². The lowest BCUT2D eigenvalue weighted by molar-refractivity contribution is 0.802. The predicted molar refractivity (Wildman–Crippen MR) is 125 cm³/mol. The van der Waals surface area contributed by atoms with Gasteiger partial charge in [0.2, 0.25) is 0 Å². The molecule has 1 atom stereocenters. The van der Waals surface area contributed by atoms with E-state index in [-0.39, 0.29) is 6.04 Å². The van der Waals surface area contributed by atoms with Gasteiger partial charge in [0.15, 0.2) is 11.0 Å². The van der Waals surface area contributed by atoms with Gasteiger partial charge in [-0.15, -0.1) is 21.5 Å². The van der Waals surface area contributed by atoms with Gasteiger partial charge in [0.1, 0.15) is 6.04 Å². The van der Waals surface area contributed by atoms with Crippen LogP contribution in [0.2, 0.25) is 0 Å². The van der Waals surface area contributed by atoms with Crippen LogP contribution in [0.15, 0.2) is 46.5 Å². The zero-order chi connectivity index (χ0) is 20.9. The quantitative estimate of drug-likeness (QED) is 0.300. The summed E-state index contributed by atoms with van der Waals surface area (Å²) in [5.74, 6) is 2.50. The van der Waals surface area contributed by atoms with E-state index in [1.807, 2.05) is 17.1 Å². The first-order valence-corrected chi connectivity index (χ1v) is 12.0. The SMILES string of the molecule is CC(C)=CCC/C(C)=C/CC/C(C)=C/CSCC(Nc1nccs1)c1nn[nH]n1. The molecule has 0 aliphatic carbocycles. The average Bonchev–Trinajstić information content (AvgIpc) is 3.37. The van der Waals surface area contributed by atoms with Crippen LogP contribution in [0.25, 0.3) is 0 Å². The minimum Gasteiger partial charge on any atom is -0.350 e. The molecule has 0 bridgehead atoms. The summed E-state index contributed by atoms with van der Waals surface area (Å²) in [6, 6.07) is -0.00926. The Morgan fingerprint density at radius 1 is 1.14 bits per heavy atom. The third-order valence-corrected chi connectivity index (χ3v) is 6.04. The van der Waals surface area contributed by atoms with E-state index in [4.69, 9.17) is 0 Å². The number of anilines is 1. The van der Waals surface area contributed by atoms with Crippen molar-refractivity contribution in [2.24, 2.45) is 0 Å². The number of H-pyrrole nitrogens is 1. The van der Waals surface area contributed by atoms with Gasteiger partial charge in [0.25, 0.3) is 0 Å². The monoisotopic (exact) mass is 432 g/mol. The number of allylic oxidation sites excluding steroid dienone is 5. The molecule has 8 heteroatoms. The number of nitrogens with zero attached hydrogens (tertiary/aromatic N) is 4. The summed E-state index contributed by atoms with van der Waals surface area (Å²) in [4.78, 5) is 4.29. The molecule has 0 saturated heterocycles. The van der Waals surface area contributed by atoms with Crippen LogP contribution >= 0.6 is 23.1 Å². The molecule has 0 aliphatic rings. The van der Waals surface area contributed by atoms with Gasteiger partial charge in [0, 0.05) is 23.1 Å². The van der Waals surface area contributed by atoms with Gasteiger partial charge >= 0.3 is 0 Å². The standard InChI is InChI=1S/C21H32N6S2/c1-16(2)7-5-8-17(3)9-6-10-18(4)11-13-28-15-19(20-24-26-27-25-20)23-21-22-12-14-29-21/h7,9,11-12,14,19H,5-6,8,10,13,15H2,1-4H3,(H,22,23)(H,24,25,26,27)/b17-9+,18-11+. The molecular formula is C21H32N6S2. The molecule has 0 spiro atoms. The molecule has 0 fully saturated rings. The minimum absolute atomic E-state index is 0.00926. The molecule has 29 heavy (non-hydrogen) atoms. The van der Waals surface area contributed by atoms with Gasteiger partial charge in [-0.3, -0.25) is 0 Å². The van der Waals surface area contributed by atoms with Crippen LogP contribution in [-0.2, 0) is 0 Å². The first-order valence-electron chi connectivity index (χ1n) is 9.96. The van der Waals surface area contributed by atoms with Gasteiger partial charge in [-0.2, -0.15) is 17.0 Å². The number of aromatic amines is 1. The van der Waals surface area contributed by atoms with Gasteiger partial charge < -0.3 is 5.32 Å². The number of hydrogen-bond donors (Lipinski definition) is 2. The number of rotatable bonds is 13. The van der Waals surface area contributed by atoms with Crippen molar-refractivity contribution in [2.75, 3.05) is 16.8 Å². The summed E-state index contributed by atoms with van der Waals surface area (Å²) in [5, 5.41) is 20.7. The van der Waals surface area contributed by atoms with Crippen molar-refractivity contribution in [1.82, 2.24) is 25.6 Å². The van der Waals surface area contributed by atoms with Crippen molar-refractivity contribution in [3.05, 3.63) is 52.3 Å². The van der Waals surface area contributed by atoms with Gasteiger partial charge in [-0.25, -0.2) is 4.98 Å². The summed E-state index contributed by atoms with van der Waals surface area (Å²) >= 11 is 3.43. The molecule has 6 nitrogen and oxygen atoms in total. The molecule has 1 unspecified atom stereocenters. The highest BCUT2D eigenvalue weighted by Crippen LogP contribution is 2.22. The van der Waals surface area contributed by atoms with E-state index in [1.54, 1.807) is 17.5 Å². The van der Waals surface area contributed by atoms with Crippen LogP contribution in [-0.4, -0.2) is 37.1 Å². The maximum atomic E-state index is 4.29. The Labute approximate surface area is 182 Å². The molecule has 2 N–H and O–H groups in total. The maximum Gasteiger partial charge on any atom is 0.197 e. The third-order valence-electron chi connectivity index (χ3n) is 4.36. The van der Waals surface area contributed by atoms with Crippen molar-refractivity contribution in [3.8, 4) is 0 Å². The normalized spacial score (nSPS) is 13.4. The second-order valence-electron chi connectivity index (χ2n) is 7.30. The number of thiazole rings is 1. The molecule has 2 heterocycles. The Balaban J connectivity index is 1.71. The maximum absolute atomic E-state index is 4.29. The highest BCUT2D eigenvalue weighted by molar-refractivity contribution is 7.99. The molecule has 158 valence electrons. The average molecular weight is 433 g/mol. The molecule has 0 amide bonds. The van der Waals surface area contributed by atoms with Crippen molar-refractivity contribution in [1.29, 1.82) is 0 Å². The zero-order valence-corrected chi connectivity index (χ0v) is 19.4. The fraction of sp³-hybridized carbons (Fsp3) is 0.524. The number of thioether (sulfide) groups is 1. The highest BCUT2D eigenvalue weighted by atomic mass is 32.2. The van der Waals surface area contributed by atoms with E-state index in [1.165, 1.54) is 16.7 Å². The summed E-state index contributed by atoms with van der Waals surface area (Å²) in [7, 11) is 0. The number of tetrazole rings is 1. The molecule has 0 radical (unpaired) electrons. The lowest BCUT2D eigenvalue weighted by atomic mass is 10.1. The predicted octanol–water partition coefficient (Wildman–Crippen LogP) is 5.96. The van der Waals surface area contributed by atoms with E-state index in [2.05, 4.69) is 76.8 Å². The number of hydrogen-bond acceptors (Lipinski definition) is 7. The zero-order valence-electron chi connectivity index (χ0n) is 17.8. The summed E-state index contributed by atoms with van der Waals surface area (Å²) in [6.45, 7) is 8.77. The Morgan fingerprint density at radius 3 is 2.55 bits per heavy atom. The van der Waals surface area contributed by atoms with Crippen molar-refractivity contribution < 1.29 is 0 Å². The van der Waals surface area contributed by atoms with Crippen LogP contribution < -0.4 is 5.32 Å². The van der Waals surface area contributed by atoms with E-state index in [9.17, 15) is 0 Å². The smallest absolute Gasteiger partial charge is 0.197 e. The lowest BCUT2D eigenvalue weighted by Crippen LogP contribution is -2.15. The minimum atomic E-state index is -0.00926. The van der Waals surface area contributed by atoms with E-state index in [0.29, 0.717) is 5.82 Å². The Hall–Kier alpha value is -1.93. The summed E-state index contributed by atoms with van der Waals surface area (Å²) in [5.41, 5.74) is 4.33. The highest BCUT2D eigenvalue weighted by Gasteiger charge is 2.17. The van der Waals surface area contributed by atoms with Crippen molar-refractivity contribution in [2.45, 2.75) is 59.4 Å². The molecule has 0 aliphatic heterocycles. The lowest BCUT2D eigenvalue weighted by Gasteiger charge is -2.13. The second kappa shape index (κ2) is 13.3. The summed E-state index contributed by atoms with van der Waals surface area (Å²) in [6.07, 6.45) is 13.3. The molecule has 2 aromatic heterocycles. The van der Waals surface area contributed by atoms with E-state index < -0.39 is 0 Å². The Bertz CT molecular complexity index is 774. The first-order chi connectivity index (χ1) is 14.0. The molecule has 0 saturated carbocycles. The van der Waals surface area contributed by atoms with Crippen LogP contribution in [0.4, 0.5) is 5.13 Å². The third kappa shape index (κ3) is 9.89. The number of nitrogens with one attached hydrogen (secondary N) is 2. The van der Waals surface area contributed by atoms with E-state index in [0.717, 1.165) is 42.3 Å². The summed E-state index contributed by atoms with van der Waals surface area (Å²) < 4.78 is 0. The molecule has 0 aromatic carbocycles. The van der Waals surface area contributed by atoms with Crippen molar-refractivity contribution in [3.63, 3.8) is 0 Å². The Kier molecular flexibility index (Phi) is 10.7. The van der Waals surface area contributed by atoms with Crippen LogP contribution in [0, 0.1) is 0 Å². The number of aromatic nitrogens is 5. The van der Waals surface area contributed by atoms with Crippen LogP contribution in [0.5, 0.6) is 0 Å². The van der Waals surface area contributed by atoms with Gasteiger partial charge in [-0.1, -0.05) is 40.2 Å². The fourth-order valence-corrected chi connectivity index (χ4v) is 4.26. The van der Waals surface area contributed by atoms with E-state index >= 15 is 0 Å². The Morgan fingerprint density at radius 2 is 1.90 bits per heavy atom. The molecule has 2 aromatic rings. The topological polar surface area (TPSA) is 79.4 Å². The van der Waals surface area contributed by atoms with Gasteiger partial charge in [0.05, 0.1) is 0 Å². The molecule has 2 rings (SSSR count). The van der Waals surface area contributed by atoms with Crippen molar-refractivity contribution >= 4 is 28.2 Å². The second-order valence-corrected chi connectivity index (χ2v) is 9.27. The first kappa shape index (κ1) is 23.3. The van der Waals surface area contributed by atoms with Crippen LogP contribution in [0.1, 0.15) is 65.2 Å². The molecular weight excluding hydrogens is 400 g/mol.